The highest BCUT2D eigenvalue weighted by atomic mass is 19.4. The van der Waals surface area contributed by atoms with Gasteiger partial charge >= 0.3 is 12.3 Å². The maximum Gasteiger partial charge on any atom is 0.573 e. The molecule has 0 amide bonds. The van der Waals surface area contributed by atoms with E-state index in [2.05, 4.69) is 14.8 Å². The highest BCUT2D eigenvalue weighted by molar-refractivity contribution is 5.74. The van der Waals surface area contributed by atoms with Crippen molar-refractivity contribution in [3.63, 3.8) is 0 Å². The molecule has 0 fully saturated rings. The van der Waals surface area contributed by atoms with Crippen LogP contribution in [0.2, 0.25) is 0 Å². The number of carbonyl (C=O) groups is 1. The van der Waals surface area contributed by atoms with Crippen LogP contribution in [-0.4, -0.2) is 23.5 Å². The maximum atomic E-state index is 11.9. The van der Waals surface area contributed by atoms with E-state index in [1.165, 1.54) is 12.1 Å². The smallest absolute Gasteiger partial charge is 0.481 e. The number of hydrogen-bond donors (Lipinski definition) is 1. The number of azide groups is 1. The third kappa shape index (κ3) is 5.17. The summed E-state index contributed by atoms with van der Waals surface area (Å²) >= 11 is 0. The van der Waals surface area contributed by atoms with Gasteiger partial charge in [0.25, 0.3) is 0 Å². The third-order valence-corrected chi connectivity index (χ3v) is 2.06. The standard InChI is InChI=1S/C10H8F3N3O3/c11-10(12,13)19-7-3-1-6(2-4-7)5-8(9(17)18)15-16-14/h1-4,8H,5H2,(H,17,18)/t8-/m0/s1. The molecule has 0 radical (unpaired) electrons. The fourth-order valence-electron chi connectivity index (χ4n) is 1.29. The lowest BCUT2D eigenvalue weighted by molar-refractivity contribution is -0.274. The molecule has 0 saturated heterocycles. The molecule has 0 saturated carbocycles. The Hall–Kier alpha value is -2.41. The predicted molar refractivity (Wildman–Crippen MR) is 57.4 cm³/mol. The second kappa shape index (κ2) is 5.96. The van der Waals surface area contributed by atoms with Gasteiger partial charge in [0, 0.05) is 4.91 Å². The first-order valence-corrected chi connectivity index (χ1v) is 4.93. The van der Waals surface area contributed by atoms with Crippen LogP contribution in [-0.2, 0) is 11.2 Å². The van der Waals surface area contributed by atoms with Crippen LogP contribution in [0.1, 0.15) is 5.56 Å². The van der Waals surface area contributed by atoms with E-state index in [9.17, 15) is 18.0 Å². The lowest BCUT2D eigenvalue weighted by atomic mass is 10.1. The van der Waals surface area contributed by atoms with Crippen molar-refractivity contribution >= 4 is 5.97 Å². The summed E-state index contributed by atoms with van der Waals surface area (Å²) in [4.78, 5) is 13.1. The lowest BCUT2D eigenvalue weighted by Crippen LogP contribution is -2.20. The number of ether oxygens (including phenoxy) is 1. The van der Waals surface area contributed by atoms with Crippen LogP contribution >= 0.6 is 0 Å². The normalized spacial score (nSPS) is 12.4. The number of nitrogens with zero attached hydrogens (tertiary/aromatic N) is 3. The molecule has 6 nitrogen and oxygen atoms in total. The number of halogens is 3. The van der Waals surface area contributed by atoms with Crippen molar-refractivity contribution in [1.82, 2.24) is 0 Å². The van der Waals surface area contributed by atoms with Gasteiger partial charge in [-0.3, -0.25) is 4.79 Å². The summed E-state index contributed by atoms with van der Waals surface area (Å²) < 4.78 is 39.4. The van der Waals surface area contributed by atoms with Gasteiger partial charge in [-0.05, 0) is 29.6 Å². The minimum atomic E-state index is -4.78. The summed E-state index contributed by atoms with van der Waals surface area (Å²) in [5.74, 6) is -1.72. The van der Waals surface area contributed by atoms with Gasteiger partial charge < -0.3 is 9.84 Å². The van der Waals surface area contributed by atoms with E-state index < -0.39 is 24.1 Å². The number of benzene rings is 1. The topological polar surface area (TPSA) is 95.3 Å². The van der Waals surface area contributed by atoms with Crippen molar-refractivity contribution in [2.45, 2.75) is 18.8 Å². The number of hydrogen-bond acceptors (Lipinski definition) is 3. The van der Waals surface area contributed by atoms with Gasteiger partial charge in [0.15, 0.2) is 0 Å². The molecule has 0 aliphatic heterocycles. The zero-order chi connectivity index (χ0) is 14.5. The van der Waals surface area contributed by atoms with Crippen LogP contribution in [0.5, 0.6) is 5.75 Å². The summed E-state index contributed by atoms with van der Waals surface area (Å²) in [7, 11) is 0. The monoisotopic (exact) mass is 275 g/mol. The largest absolute Gasteiger partial charge is 0.573 e. The first-order valence-electron chi connectivity index (χ1n) is 4.93. The van der Waals surface area contributed by atoms with E-state index in [1.54, 1.807) is 0 Å². The molecule has 0 aliphatic rings. The summed E-state index contributed by atoms with van der Waals surface area (Å²) in [6.45, 7) is 0. The highest BCUT2D eigenvalue weighted by Gasteiger charge is 2.31. The van der Waals surface area contributed by atoms with Crippen LogP contribution in [0.3, 0.4) is 0 Å². The number of aliphatic carboxylic acids is 1. The minimum Gasteiger partial charge on any atom is -0.481 e. The van der Waals surface area contributed by atoms with Gasteiger partial charge in [-0.15, -0.1) is 13.2 Å². The molecule has 0 bridgehead atoms. The van der Waals surface area contributed by atoms with E-state index in [0.717, 1.165) is 12.1 Å². The SMILES string of the molecule is [N-]=[N+]=N[C@@H](Cc1ccc(OC(F)(F)F)cc1)C(=O)O. The van der Waals surface area contributed by atoms with E-state index in [4.69, 9.17) is 10.6 Å². The molecule has 19 heavy (non-hydrogen) atoms. The van der Waals surface area contributed by atoms with Gasteiger partial charge in [0.2, 0.25) is 0 Å². The van der Waals surface area contributed by atoms with Crippen LogP contribution in [0.4, 0.5) is 13.2 Å². The summed E-state index contributed by atoms with van der Waals surface area (Å²) in [5, 5.41) is 11.8. The third-order valence-electron chi connectivity index (χ3n) is 2.06. The van der Waals surface area contributed by atoms with Gasteiger partial charge in [0.1, 0.15) is 11.8 Å². The second-order valence-electron chi connectivity index (χ2n) is 3.45. The molecule has 1 N–H and O–H groups in total. The average molecular weight is 275 g/mol. The fourth-order valence-corrected chi connectivity index (χ4v) is 1.29. The minimum absolute atomic E-state index is 0.119. The van der Waals surface area contributed by atoms with Crippen molar-refractivity contribution < 1.29 is 27.8 Å². The molecule has 1 aromatic carbocycles. The van der Waals surface area contributed by atoms with Gasteiger partial charge in [0.05, 0.1) is 0 Å². The maximum absolute atomic E-state index is 11.9. The summed E-state index contributed by atoms with van der Waals surface area (Å²) in [6, 6.07) is 3.34. The highest BCUT2D eigenvalue weighted by Crippen LogP contribution is 2.23. The van der Waals surface area contributed by atoms with Crippen LogP contribution < -0.4 is 4.74 Å². The molecule has 0 heterocycles. The van der Waals surface area contributed by atoms with E-state index in [0.29, 0.717) is 5.56 Å². The van der Waals surface area contributed by atoms with Crippen LogP contribution in [0.25, 0.3) is 10.4 Å². The van der Waals surface area contributed by atoms with Crippen LogP contribution in [0, 0.1) is 0 Å². The van der Waals surface area contributed by atoms with Crippen molar-refractivity contribution in [2.75, 3.05) is 0 Å². The van der Waals surface area contributed by atoms with E-state index >= 15 is 0 Å². The van der Waals surface area contributed by atoms with Crippen LogP contribution in [0.15, 0.2) is 29.4 Å². The van der Waals surface area contributed by atoms with Crippen molar-refractivity contribution in [3.05, 3.63) is 40.3 Å². The molecule has 102 valence electrons. The molecular weight excluding hydrogens is 267 g/mol. The first kappa shape index (κ1) is 14.7. The number of carboxylic acid groups (broad SMARTS) is 1. The van der Waals surface area contributed by atoms with Crippen molar-refractivity contribution in [2.24, 2.45) is 5.11 Å². The van der Waals surface area contributed by atoms with Gasteiger partial charge in [-0.2, -0.15) is 0 Å². The number of carboxylic acids is 1. The predicted octanol–water partition coefficient (Wildman–Crippen LogP) is 2.89. The molecule has 0 aromatic heterocycles. The molecule has 0 aliphatic carbocycles. The molecule has 0 unspecified atom stereocenters. The second-order valence-corrected chi connectivity index (χ2v) is 3.45. The Kier molecular flexibility index (Phi) is 4.60. The Labute approximate surface area is 105 Å². The molecule has 0 spiro atoms. The van der Waals surface area contributed by atoms with E-state index in [1.807, 2.05) is 0 Å². The summed E-state index contributed by atoms with van der Waals surface area (Å²) in [6.07, 6.45) is -4.90. The van der Waals surface area contributed by atoms with Gasteiger partial charge in [-0.25, -0.2) is 0 Å². The Bertz CT molecular complexity index is 493. The Morgan fingerprint density at radius 2 is 2.00 bits per heavy atom. The Morgan fingerprint density at radius 1 is 1.42 bits per heavy atom. The molecule has 1 aromatic rings. The molecular formula is C10H8F3N3O3. The fraction of sp³-hybridized carbons (Fsp3) is 0.300. The van der Waals surface area contributed by atoms with Crippen molar-refractivity contribution in [1.29, 1.82) is 0 Å². The van der Waals surface area contributed by atoms with Gasteiger partial charge in [-0.1, -0.05) is 17.2 Å². The quantitative estimate of drug-likeness (QED) is 0.508. The molecule has 9 heteroatoms. The molecule has 1 rings (SSSR count). The number of alkyl halides is 3. The zero-order valence-electron chi connectivity index (χ0n) is 9.33. The van der Waals surface area contributed by atoms with E-state index in [-0.39, 0.29) is 6.42 Å². The summed E-state index contributed by atoms with van der Waals surface area (Å²) in [5.41, 5.74) is 8.60. The lowest BCUT2D eigenvalue weighted by Gasteiger charge is -2.10. The Morgan fingerprint density at radius 3 is 2.42 bits per heavy atom. The van der Waals surface area contributed by atoms with Crippen molar-refractivity contribution in [3.8, 4) is 5.75 Å². The molecule has 1 atom stereocenters. The first-order chi connectivity index (χ1) is 8.81. The number of rotatable bonds is 5. The average Bonchev–Trinajstić information content (AvgIpc) is 2.29. The Balaban J connectivity index is 2.76. The zero-order valence-corrected chi connectivity index (χ0v) is 9.33.